The Balaban J connectivity index is 1.77. The molecule has 1 saturated carbocycles. The summed E-state index contributed by atoms with van der Waals surface area (Å²) in [5, 5.41) is 9.99. The van der Waals surface area contributed by atoms with Crippen LogP contribution in [0.3, 0.4) is 0 Å². The monoisotopic (exact) mass is 386 g/mol. The van der Waals surface area contributed by atoms with Gasteiger partial charge in [0.05, 0.1) is 30.7 Å². The number of hydrogen-bond acceptors (Lipinski definition) is 5. The molecule has 1 atom stereocenters. The van der Waals surface area contributed by atoms with Gasteiger partial charge in [-0.2, -0.15) is 11.8 Å². The summed E-state index contributed by atoms with van der Waals surface area (Å²) in [5.41, 5.74) is 2.34. The average molecular weight is 386 g/mol. The van der Waals surface area contributed by atoms with Gasteiger partial charge in [0.2, 0.25) is 0 Å². The first kappa shape index (κ1) is 18.1. The molecule has 1 N–H and O–H groups in total. The molecule has 2 aliphatic rings. The first-order valence-corrected chi connectivity index (χ1v) is 10.3. The van der Waals surface area contributed by atoms with E-state index in [4.69, 9.17) is 9.72 Å². The predicted molar refractivity (Wildman–Crippen MR) is 105 cm³/mol. The molecular weight excluding hydrogens is 364 g/mol. The lowest BCUT2D eigenvalue weighted by molar-refractivity contribution is -0.138. The van der Waals surface area contributed by atoms with Crippen LogP contribution in [-0.2, 0) is 4.79 Å². The highest BCUT2D eigenvalue weighted by Crippen LogP contribution is 2.40. The number of hydrogen-bond donors (Lipinski definition) is 1. The molecule has 1 aromatic carbocycles. The number of amides is 1. The zero-order valence-electron chi connectivity index (χ0n) is 15.2. The molecule has 2 fully saturated rings. The number of benzene rings is 1. The topological polar surface area (TPSA) is 79.7 Å². The van der Waals surface area contributed by atoms with E-state index in [2.05, 4.69) is 0 Å². The third-order valence-electron chi connectivity index (χ3n) is 5.16. The normalized spacial score (nSPS) is 19.9. The highest BCUT2D eigenvalue weighted by atomic mass is 32.2. The zero-order valence-corrected chi connectivity index (χ0v) is 16.0. The maximum Gasteiger partial charge on any atom is 0.305 e. The molecule has 1 aromatic heterocycles. The minimum atomic E-state index is -0.875. The van der Waals surface area contributed by atoms with E-state index < -0.39 is 5.97 Å². The van der Waals surface area contributed by atoms with E-state index in [0.29, 0.717) is 29.5 Å². The van der Waals surface area contributed by atoms with E-state index in [0.717, 1.165) is 35.2 Å². The lowest BCUT2D eigenvalue weighted by Gasteiger charge is -2.35. The lowest BCUT2D eigenvalue weighted by Crippen LogP contribution is -2.47. The number of methoxy groups -OCH3 is 1. The molecule has 142 valence electrons. The van der Waals surface area contributed by atoms with Crippen molar-refractivity contribution < 1.29 is 19.4 Å². The summed E-state index contributed by atoms with van der Waals surface area (Å²) in [5.74, 6) is 1.59. The van der Waals surface area contributed by atoms with Gasteiger partial charge in [-0.25, -0.2) is 0 Å². The van der Waals surface area contributed by atoms with Gasteiger partial charge in [0.1, 0.15) is 5.75 Å². The van der Waals surface area contributed by atoms with Crippen LogP contribution >= 0.6 is 11.8 Å². The number of rotatable bonds is 5. The number of thioether (sulfide) groups is 1. The van der Waals surface area contributed by atoms with Gasteiger partial charge in [-0.1, -0.05) is 0 Å². The van der Waals surface area contributed by atoms with Crippen LogP contribution in [0.2, 0.25) is 0 Å². The molecule has 1 aliphatic heterocycles. The summed E-state index contributed by atoms with van der Waals surface area (Å²) in [6.45, 7) is 0.563. The van der Waals surface area contributed by atoms with Crippen molar-refractivity contribution in [3.63, 3.8) is 0 Å². The summed E-state index contributed by atoms with van der Waals surface area (Å²) >= 11 is 1.70. The van der Waals surface area contributed by atoms with Crippen LogP contribution in [-0.4, -0.2) is 58.1 Å². The van der Waals surface area contributed by atoms with Crippen molar-refractivity contribution in [3.05, 3.63) is 35.5 Å². The number of carbonyl (C=O) groups excluding carboxylic acids is 1. The van der Waals surface area contributed by atoms with Gasteiger partial charge in [0.15, 0.2) is 0 Å². The molecule has 2 aromatic rings. The fourth-order valence-corrected chi connectivity index (χ4v) is 4.63. The van der Waals surface area contributed by atoms with Crippen LogP contribution in [0.5, 0.6) is 5.75 Å². The number of carbonyl (C=O) groups is 2. The fraction of sp³-hybridized carbons (Fsp3) is 0.450. The van der Waals surface area contributed by atoms with Crippen molar-refractivity contribution in [1.29, 1.82) is 0 Å². The van der Waals surface area contributed by atoms with Crippen LogP contribution < -0.4 is 4.74 Å². The largest absolute Gasteiger partial charge is 0.497 e. The predicted octanol–water partition coefficient (Wildman–Crippen LogP) is 3.15. The number of aliphatic carboxylic acids is 1. The summed E-state index contributed by atoms with van der Waals surface area (Å²) in [6, 6.07) is 7.20. The molecular formula is C20H22N2O4S. The van der Waals surface area contributed by atoms with Crippen LogP contribution in [0.4, 0.5) is 0 Å². The highest BCUT2D eigenvalue weighted by Gasteiger charge is 2.32. The number of pyridine rings is 1. The Kier molecular flexibility index (Phi) is 4.95. The number of fused-ring (bicyclic) bond motifs is 1. The van der Waals surface area contributed by atoms with Crippen LogP contribution in [0.25, 0.3) is 10.9 Å². The van der Waals surface area contributed by atoms with Gasteiger partial charge in [-0.3, -0.25) is 14.6 Å². The summed E-state index contributed by atoms with van der Waals surface area (Å²) in [7, 11) is 1.60. The van der Waals surface area contributed by atoms with Crippen molar-refractivity contribution in [2.45, 2.75) is 31.2 Å². The molecule has 0 radical (unpaired) electrons. The van der Waals surface area contributed by atoms with Gasteiger partial charge < -0.3 is 14.7 Å². The average Bonchev–Trinajstić information content (AvgIpc) is 3.51. The second-order valence-corrected chi connectivity index (χ2v) is 8.23. The Morgan fingerprint density at radius 3 is 2.85 bits per heavy atom. The number of nitrogens with zero attached hydrogens (tertiary/aromatic N) is 2. The molecule has 2 heterocycles. The number of carboxylic acid groups (broad SMARTS) is 1. The van der Waals surface area contributed by atoms with Crippen molar-refractivity contribution in [3.8, 4) is 5.75 Å². The fourth-order valence-electron chi connectivity index (χ4n) is 3.57. The van der Waals surface area contributed by atoms with E-state index in [1.807, 2.05) is 24.3 Å². The smallest absolute Gasteiger partial charge is 0.305 e. The molecule has 27 heavy (non-hydrogen) atoms. The minimum absolute atomic E-state index is 0.0272. The zero-order chi connectivity index (χ0) is 19.0. The van der Waals surface area contributed by atoms with E-state index in [1.54, 1.807) is 23.8 Å². The molecule has 4 rings (SSSR count). The van der Waals surface area contributed by atoms with E-state index in [-0.39, 0.29) is 18.4 Å². The summed E-state index contributed by atoms with van der Waals surface area (Å²) in [6.07, 6.45) is 2.18. The van der Waals surface area contributed by atoms with Crippen molar-refractivity contribution >= 4 is 34.5 Å². The number of aromatic nitrogens is 1. The first-order chi connectivity index (χ1) is 13.1. The standard InChI is InChI=1S/C20H22N2O4S/c1-26-14-4-5-17-15(9-14)16(10-18(21-17)12-2-3-12)20(25)22-6-7-27-11-13(22)8-19(23)24/h4-5,9-10,12-13H,2-3,6-8,11H2,1H3,(H,23,24). The molecule has 1 saturated heterocycles. The summed E-state index contributed by atoms with van der Waals surface area (Å²) < 4.78 is 5.33. The molecule has 7 heteroatoms. The van der Waals surface area contributed by atoms with Gasteiger partial charge in [-0.05, 0) is 37.1 Å². The number of ether oxygens (including phenoxy) is 1. The second kappa shape index (κ2) is 7.38. The van der Waals surface area contributed by atoms with Crippen LogP contribution in [0.1, 0.15) is 41.2 Å². The molecule has 0 bridgehead atoms. The van der Waals surface area contributed by atoms with Crippen LogP contribution in [0, 0.1) is 0 Å². The Hall–Kier alpha value is -2.28. The van der Waals surface area contributed by atoms with E-state index in [1.165, 1.54) is 0 Å². The maximum absolute atomic E-state index is 13.5. The summed E-state index contributed by atoms with van der Waals surface area (Å²) in [4.78, 5) is 31.2. The lowest BCUT2D eigenvalue weighted by atomic mass is 10.0. The van der Waals surface area contributed by atoms with Crippen LogP contribution in [0.15, 0.2) is 24.3 Å². The van der Waals surface area contributed by atoms with E-state index >= 15 is 0 Å². The highest BCUT2D eigenvalue weighted by molar-refractivity contribution is 7.99. The van der Waals surface area contributed by atoms with Gasteiger partial charge in [0, 0.05) is 35.0 Å². The maximum atomic E-state index is 13.5. The Morgan fingerprint density at radius 1 is 1.33 bits per heavy atom. The SMILES string of the molecule is COc1ccc2nc(C3CC3)cc(C(=O)N3CCSCC3CC(=O)O)c2c1. The second-order valence-electron chi connectivity index (χ2n) is 7.08. The Bertz CT molecular complexity index is 897. The minimum Gasteiger partial charge on any atom is -0.497 e. The molecule has 1 amide bonds. The quantitative estimate of drug-likeness (QED) is 0.850. The van der Waals surface area contributed by atoms with Gasteiger partial charge in [0.25, 0.3) is 5.91 Å². The molecule has 0 spiro atoms. The molecule has 6 nitrogen and oxygen atoms in total. The van der Waals surface area contributed by atoms with E-state index in [9.17, 15) is 14.7 Å². The molecule has 1 unspecified atom stereocenters. The number of carboxylic acids is 1. The van der Waals surface area contributed by atoms with Crippen molar-refractivity contribution in [1.82, 2.24) is 9.88 Å². The van der Waals surface area contributed by atoms with Gasteiger partial charge in [-0.15, -0.1) is 0 Å². The third-order valence-corrected chi connectivity index (χ3v) is 6.25. The Labute approximate surface area is 161 Å². The van der Waals surface area contributed by atoms with Crippen molar-refractivity contribution in [2.24, 2.45) is 0 Å². The third kappa shape index (κ3) is 3.74. The molecule has 1 aliphatic carbocycles. The first-order valence-electron chi connectivity index (χ1n) is 9.16. The van der Waals surface area contributed by atoms with Gasteiger partial charge >= 0.3 is 5.97 Å². The Morgan fingerprint density at radius 2 is 2.15 bits per heavy atom. The van der Waals surface area contributed by atoms with Crippen molar-refractivity contribution in [2.75, 3.05) is 25.2 Å².